The first-order chi connectivity index (χ1) is 10.7. The minimum atomic E-state index is -0.282. The van der Waals surface area contributed by atoms with Crippen LogP contribution in [0.2, 0.25) is 0 Å². The van der Waals surface area contributed by atoms with Gasteiger partial charge in [0.15, 0.2) is 11.6 Å². The van der Waals surface area contributed by atoms with Crippen molar-refractivity contribution in [1.82, 2.24) is 19.9 Å². The predicted molar refractivity (Wildman–Crippen MR) is 82.3 cm³/mol. The minimum absolute atomic E-state index is 0.282. The summed E-state index contributed by atoms with van der Waals surface area (Å²) in [6, 6.07) is 1.90. The Kier molecular flexibility index (Phi) is 4.27. The molecule has 0 N–H and O–H groups in total. The summed E-state index contributed by atoms with van der Waals surface area (Å²) >= 11 is 0. The van der Waals surface area contributed by atoms with E-state index in [1.54, 1.807) is 0 Å². The van der Waals surface area contributed by atoms with Crippen LogP contribution in [0, 0.1) is 12.7 Å². The lowest BCUT2D eigenvalue weighted by atomic mass is 9.96. The van der Waals surface area contributed by atoms with Crippen molar-refractivity contribution in [3.8, 4) is 0 Å². The number of anilines is 1. The third kappa shape index (κ3) is 2.91. The van der Waals surface area contributed by atoms with E-state index >= 15 is 0 Å². The molecule has 3 rings (SSSR count). The van der Waals surface area contributed by atoms with Crippen LogP contribution in [-0.2, 0) is 6.42 Å². The van der Waals surface area contributed by atoms with Crippen LogP contribution in [0.3, 0.4) is 0 Å². The summed E-state index contributed by atoms with van der Waals surface area (Å²) in [4.78, 5) is 19.0. The summed E-state index contributed by atoms with van der Waals surface area (Å²) in [6.07, 6.45) is 5.66. The number of rotatable bonds is 3. The molecule has 0 amide bonds. The Balaban J connectivity index is 1.72. The number of aryl methyl sites for hydroxylation is 2. The van der Waals surface area contributed by atoms with Crippen LogP contribution in [-0.4, -0.2) is 33.0 Å². The highest BCUT2D eigenvalue weighted by Gasteiger charge is 2.25. The number of hydrogen-bond donors (Lipinski definition) is 0. The van der Waals surface area contributed by atoms with E-state index in [1.807, 2.05) is 31.0 Å². The van der Waals surface area contributed by atoms with Crippen molar-refractivity contribution in [1.29, 1.82) is 0 Å². The predicted octanol–water partition coefficient (Wildman–Crippen LogP) is 2.66. The Morgan fingerprint density at radius 1 is 1.23 bits per heavy atom. The first kappa shape index (κ1) is 14.8. The fourth-order valence-electron chi connectivity index (χ4n) is 2.88. The maximum absolute atomic E-state index is 14.3. The second-order valence-electron chi connectivity index (χ2n) is 5.63. The van der Waals surface area contributed by atoms with Gasteiger partial charge in [-0.05, 0) is 32.3 Å². The van der Waals surface area contributed by atoms with E-state index in [0.29, 0.717) is 23.9 Å². The molecule has 0 unspecified atom stereocenters. The molecule has 0 spiro atoms. The maximum atomic E-state index is 14.3. The summed E-state index contributed by atoms with van der Waals surface area (Å²) in [7, 11) is 0. The van der Waals surface area contributed by atoms with Crippen molar-refractivity contribution in [2.24, 2.45) is 0 Å². The zero-order valence-electron chi connectivity index (χ0n) is 13.0. The molecule has 0 saturated carbocycles. The van der Waals surface area contributed by atoms with Crippen LogP contribution in [0.5, 0.6) is 0 Å². The molecule has 116 valence electrons. The zero-order chi connectivity index (χ0) is 15.5. The van der Waals surface area contributed by atoms with E-state index in [1.165, 1.54) is 6.33 Å². The molecule has 5 nitrogen and oxygen atoms in total. The average molecular weight is 301 g/mol. The van der Waals surface area contributed by atoms with Gasteiger partial charge in [0.05, 0.1) is 5.69 Å². The molecule has 0 aliphatic carbocycles. The molecule has 0 atom stereocenters. The van der Waals surface area contributed by atoms with Gasteiger partial charge in [-0.1, -0.05) is 6.92 Å². The van der Waals surface area contributed by atoms with E-state index in [-0.39, 0.29) is 5.82 Å². The summed E-state index contributed by atoms with van der Waals surface area (Å²) < 4.78 is 14.3. The van der Waals surface area contributed by atoms with Gasteiger partial charge in [0.25, 0.3) is 0 Å². The van der Waals surface area contributed by atoms with Gasteiger partial charge >= 0.3 is 0 Å². The highest BCUT2D eigenvalue weighted by Crippen LogP contribution is 2.29. The molecule has 22 heavy (non-hydrogen) atoms. The molecule has 6 heteroatoms. The van der Waals surface area contributed by atoms with Gasteiger partial charge in [0, 0.05) is 30.9 Å². The first-order valence-corrected chi connectivity index (χ1v) is 7.73. The van der Waals surface area contributed by atoms with E-state index in [0.717, 1.165) is 37.4 Å². The van der Waals surface area contributed by atoms with Crippen LogP contribution in [0.25, 0.3) is 0 Å². The number of hydrogen-bond acceptors (Lipinski definition) is 5. The van der Waals surface area contributed by atoms with Crippen LogP contribution < -0.4 is 4.90 Å². The lowest BCUT2D eigenvalue weighted by molar-refractivity contribution is 0.473. The molecule has 1 aliphatic rings. The van der Waals surface area contributed by atoms with Gasteiger partial charge in [-0.15, -0.1) is 0 Å². The normalized spacial score (nSPS) is 16.0. The molecule has 1 saturated heterocycles. The topological polar surface area (TPSA) is 54.8 Å². The van der Waals surface area contributed by atoms with Gasteiger partial charge in [-0.25, -0.2) is 24.3 Å². The third-order valence-corrected chi connectivity index (χ3v) is 4.15. The number of aromatic nitrogens is 4. The molecular weight excluding hydrogens is 281 g/mol. The van der Waals surface area contributed by atoms with Gasteiger partial charge in [0.1, 0.15) is 12.2 Å². The summed E-state index contributed by atoms with van der Waals surface area (Å²) in [5.74, 6) is 1.38. The number of nitrogens with zero attached hydrogens (tertiary/aromatic N) is 5. The second kappa shape index (κ2) is 6.34. The Morgan fingerprint density at radius 2 is 2.00 bits per heavy atom. The van der Waals surface area contributed by atoms with Crippen molar-refractivity contribution < 1.29 is 4.39 Å². The number of piperidine rings is 1. The van der Waals surface area contributed by atoms with Crippen molar-refractivity contribution in [2.45, 2.75) is 39.0 Å². The van der Waals surface area contributed by atoms with Gasteiger partial charge in [0.2, 0.25) is 0 Å². The molecule has 2 aromatic heterocycles. The fraction of sp³-hybridized carbons (Fsp3) is 0.500. The standard InChI is InChI=1S/C16H20FN5/c1-3-13-14(17)16(20-10-19-13)22-8-5-12(6-9-22)15-18-7-4-11(2)21-15/h4,7,10,12H,3,5-6,8-9H2,1-2H3. The van der Waals surface area contributed by atoms with Crippen LogP contribution in [0.15, 0.2) is 18.6 Å². The summed E-state index contributed by atoms with van der Waals surface area (Å²) in [6.45, 7) is 5.40. The SMILES string of the molecule is CCc1ncnc(N2CCC(c3nccc(C)n3)CC2)c1F. The quantitative estimate of drug-likeness (QED) is 0.872. The molecule has 1 aliphatic heterocycles. The van der Waals surface area contributed by atoms with Gasteiger partial charge in [-0.2, -0.15) is 0 Å². The largest absolute Gasteiger partial charge is 0.354 e. The Morgan fingerprint density at radius 3 is 2.68 bits per heavy atom. The van der Waals surface area contributed by atoms with Crippen molar-refractivity contribution in [3.63, 3.8) is 0 Å². The van der Waals surface area contributed by atoms with Crippen LogP contribution in [0.4, 0.5) is 10.2 Å². The van der Waals surface area contributed by atoms with E-state index in [4.69, 9.17) is 0 Å². The zero-order valence-corrected chi connectivity index (χ0v) is 13.0. The van der Waals surface area contributed by atoms with Crippen molar-refractivity contribution >= 4 is 5.82 Å². The Hall–Kier alpha value is -2.11. The summed E-state index contributed by atoms with van der Waals surface area (Å²) in [5, 5.41) is 0. The highest BCUT2D eigenvalue weighted by atomic mass is 19.1. The summed E-state index contributed by atoms with van der Waals surface area (Å²) in [5.41, 5.74) is 1.47. The van der Waals surface area contributed by atoms with Crippen molar-refractivity contribution in [2.75, 3.05) is 18.0 Å². The highest BCUT2D eigenvalue weighted by molar-refractivity contribution is 5.41. The van der Waals surface area contributed by atoms with E-state index in [2.05, 4.69) is 19.9 Å². The average Bonchev–Trinajstić information content (AvgIpc) is 2.55. The molecule has 0 bridgehead atoms. The Labute approximate surface area is 129 Å². The molecule has 3 heterocycles. The molecular formula is C16H20FN5. The smallest absolute Gasteiger partial charge is 0.187 e. The third-order valence-electron chi connectivity index (χ3n) is 4.15. The molecule has 0 radical (unpaired) electrons. The lowest BCUT2D eigenvalue weighted by Crippen LogP contribution is -2.35. The molecule has 1 fully saturated rings. The molecule has 0 aromatic carbocycles. The van der Waals surface area contributed by atoms with Gasteiger partial charge < -0.3 is 4.90 Å². The Bertz CT molecular complexity index is 653. The molecule has 2 aromatic rings. The van der Waals surface area contributed by atoms with Crippen molar-refractivity contribution in [3.05, 3.63) is 41.6 Å². The second-order valence-corrected chi connectivity index (χ2v) is 5.63. The van der Waals surface area contributed by atoms with Gasteiger partial charge in [-0.3, -0.25) is 0 Å². The minimum Gasteiger partial charge on any atom is -0.354 e. The maximum Gasteiger partial charge on any atom is 0.187 e. The van der Waals surface area contributed by atoms with Crippen LogP contribution in [0.1, 0.15) is 42.9 Å². The monoisotopic (exact) mass is 301 g/mol. The van der Waals surface area contributed by atoms with E-state index < -0.39 is 0 Å². The van der Waals surface area contributed by atoms with Crippen LogP contribution >= 0.6 is 0 Å². The first-order valence-electron chi connectivity index (χ1n) is 7.73. The number of halogens is 1. The lowest BCUT2D eigenvalue weighted by Gasteiger charge is -2.32. The van der Waals surface area contributed by atoms with E-state index in [9.17, 15) is 4.39 Å². The fourth-order valence-corrected chi connectivity index (χ4v) is 2.88.